The highest BCUT2D eigenvalue weighted by Gasteiger charge is 2.25. The van der Waals surface area contributed by atoms with Crippen LogP contribution in [0, 0.1) is 5.82 Å². The molecule has 2 amide bonds. The van der Waals surface area contributed by atoms with Crippen molar-refractivity contribution in [3.05, 3.63) is 58.9 Å². The van der Waals surface area contributed by atoms with Gasteiger partial charge < -0.3 is 14.5 Å². The van der Waals surface area contributed by atoms with Crippen LogP contribution in [-0.2, 0) is 4.79 Å². The molecular weight excluding hydrogens is 467 g/mol. The van der Waals surface area contributed by atoms with Crippen LogP contribution in [0.1, 0.15) is 12.5 Å². The van der Waals surface area contributed by atoms with Crippen LogP contribution in [0.25, 0.3) is 28.1 Å². The minimum atomic E-state index is -0.428. The number of piperazine rings is 1. The normalized spacial score (nSPS) is 17.9. The first-order chi connectivity index (χ1) is 17.0. The highest BCUT2D eigenvalue weighted by Crippen LogP contribution is 2.36. The maximum atomic E-state index is 15.3. The molecule has 2 aliphatic heterocycles. The lowest BCUT2D eigenvalue weighted by atomic mass is 9.98. The zero-order valence-electron chi connectivity index (χ0n) is 19.5. The van der Waals surface area contributed by atoms with Crippen LogP contribution in [0.4, 0.5) is 14.9 Å². The SMILES string of the molecule is CCN1CCN(c2ccc(-c3ccnc4c(OC)cc(C=C5SC(=O)NC5=O)cc34)cc2F)CC1. The Bertz CT molecular complexity index is 1350. The number of fused-ring (bicyclic) bond motifs is 1. The van der Waals surface area contributed by atoms with Crippen molar-refractivity contribution in [2.24, 2.45) is 0 Å². The van der Waals surface area contributed by atoms with E-state index in [1.165, 1.54) is 0 Å². The Balaban J connectivity index is 1.54. The van der Waals surface area contributed by atoms with Gasteiger partial charge in [0.05, 0.1) is 17.7 Å². The summed E-state index contributed by atoms with van der Waals surface area (Å²) in [5, 5.41) is 2.62. The van der Waals surface area contributed by atoms with Gasteiger partial charge in [-0.2, -0.15) is 0 Å². The molecule has 0 unspecified atom stereocenters. The Labute approximate surface area is 206 Å². The van der Waals surface area contributed by atoms with E-state index in [1.54, 1.807) is 31.5 Å². The molecule has 2 aromatic carbocycles. The van der Waals surface area contributed by atoms with Gasteiger partial charge in [-0.25, -0.2) is 4.39 Å². The molecule has 5 rings (SSSR count). The monoisotopic (exact) mass is 492 g/mol. The molecule has 35 heavy (non-hydrogen) atoms. The molecule has 0 spiro atoms. The van der Waals surface area contributed by atoms with Crippen LogP contribution in [0.15, 0.2) is 47.5 Å². The number of thioether (sulfide) groups is 1. The van der Waals surface area contributed by atoms with Crippen LogP contribution < -0.4 is 15.0 Å². The lowest BCUT2D eigenvalue weighted by Crippen LogP contribution is -2.46. The Kier molecular flexibility index (Phi) is 6.44. The molecular formula is C26H25FN4O3S. The molecule has 180 valence electrons. The molecule has 1 aromatic heterocycles. The van der Waals surface area contributed by atoms with E-state index in [9.17, 15) is 9.59 Å². The first kappa shape index (κ1) is 23.3. The van der Waals surface area contributed by atoms with Crippen LogP contribution in [0.5, 0.6) is 5.75 Å². The van der Waals surface area contributed by atoms with Crippen molar-refractivity contribution in [2.75, 3.05) is 44.7 Å². The first-order valence-corrected chi connectivity index (χ1v) is 12.3. The zero-order valence-corrected chi connectivity index (χ0v) is 20.3. The summed E-state index contributed by atoms with van der Waals surface area (Å²) in [6.07, 6.45) is 3.32. The molecule has 7 nitrogen and oxygen atoms in total. The number of amides is 2. The summed E-state index contributed by atoms with van der Waals surface area (Å²) in [4.78, 5) is 32.8. The molecule has 1 N–H and O–H groups in total. The number of halogens is 1. The summed E-state index contributed by atoms with van der Waals surface area (Å²) in [6, 6.07) is 10.8. The molecule has 0 radical (unpaired) electrons. The van der Waals surface area contributed by atoms with E-state index < -0.39 is 11.1 Å². The molecule has 0 bridgehead atoms. The van der Waals surface area contributed by atoms with Gasteiger partial charge >= 0.3 is 0 Å². The molecule has 2 saturated heterocycles. The van der Waals surface area contributed by atoms with Crippen LogP contribution in [0.3, 0.4) is 0 Å². The molecule has 0 aliphatic carbocycles. The van der Waals surface area contributed by atoms with Crippen molar-refractivity contribution in [2.45, 2.75) is 6.92 Å². The van der Waals surface area contributed by atoms with Crippen molar-refractivity contribution < 1.29 is 18.7 Å². The number of imide groups is 1. The number of likely N-dealkylation sites (N-methyl/N-ethyl adjacent to an activating group) is 1. The van der Waals surface area contributed by atoms with Crippen LogP contribution >= 0.6 is 11.8 Å². The zero-order chi connectivity index (χ0) is 24.5. The van der Waals surface area contributed by atoms with E-state index >= 15 is 4.39 Å². The summed E-state index contributed by atoms with van der Waals surface area (Å²) in [5.41, 5.74) is 3.45. The Morgan fingerprint density at radius 2 is 1.94 bits per heavy atom. The number of benzene rings is 2. The minimum absolute atomic E-state index is 0.264. The number of aromatic nitrogens is 1. The standard InChI is InChI=1S/C26H25FN4O3S/c1-3-30-8-10-31(11-9-30)21-5-4-17(15-20(21)27)18-6-7-28-24-19(18)12-16(13-22(24)34-2)14-23-25(32)29-26(33)35-23/h4-7,12-15H,3,8-11H2,1-2H3,(H,29,32,33). The van der Waals surface area contributed by atoms with E-state index in [0.29, 0.717) is 27.4 Å². The number of carbonyl (C=O) groups is 2. The van der Waals surface area contributed by atoms with Gasteiger partial charge in [0.25, 0.3) is 11.1 Å². The Morgan fingerprint density at radius 1 is 1.14 bits per heavy atom. The second-order valence-corrected chi connectivity index (χ2v) is 9.43. The highest BCUT2D eigenvalue weighted by molar-refractivity contribution is 8.18. The summed E-state index contributed by atoms with van der Waals surface area (Å²) >= 11 is 0.854. The average molecular weight is 493 g/mol. The predicted molar refractivity (Wildman–Crippen MR) is 137 cm³/mol. The summed E-state index contributed by atoms with van der Waals surface area (Å²) in [7, 11) is 1.55. The van der Waals surface area contributed by atoms with Crippen molar-refractivity contribution >= 4 is 45.6 Å². The summed E-state index contributed by atoms with van der Waals surface area (Å²) in [6.45, 7) is 6.59. The lowest BCUT2D eigenvalue weighted by molar-refractivity contribution is -0.115. The molecule has 9 heteroatoms. The third-order valence-electron chi connectivity index (χ3n) is 6.41. The van der Waals surface area contributed by atoms with Gasteiger partial charge in [-0.3, -0.25) is 19.9 Å². The summed E-state index contributed by atoms with van der Waals surface area (Å²) < 4.78 is 20.9. The molecule has 2 fully saturated rings. The van der Waals surface area contributed by atoms with E-state index in [4.69, 9.17) is 4.74 Å². The van der Waals surface area contributed by atoms with Crippen LogP contribution in [-0.4, -0.2) is 60.9 Å². The number of pyridine rings is 1. The number of carbonyl (C=O) groups excluding carboxylic acids is 2. The number of ether oxygens (including phenoxy) is 1. The van der Waals surface area contributed by atoms with Gasteiger partial charge in [-0.15, -0.1) is 0 Å². The third-order valence-corrected chi connectivity index (χ3v) is 7.22. The van der Waals surface area contributed by atoms with Gasteiger partial charge in [0.1, 0.15) is 17.1 Å². The number of methoxy groups -OCH3 is 1. The number of hydrogen-bond donors (Lipinski definition) is 1. The van der Waals surface area contributed by atoms with E-state index in [0.717, 1.165) is 61.0 Å². The third kappa shape index (κ3) is 4.61. The van der Waals surface area contributed by atoms with Gasteiger partial charge in [0, 0.05) is 37.8 Å². The Morgan fingerprint density at radius 3 is 2.60 bits per heavy atom. The summed E-state index contributed by atoms with van der Waals surface area (Å²) in [5.74, 6) is -0.167. The average Bonchev–Trinajstić information content (AvgIpc) is 3.19. The predicted octanol–water partition coefficient (Wildman–Crippen LogP) is 4.52. The second kappa shape index (κ2) is 9.67. The largest absolute Gasteiger partial charge is 0.494 e. The van der Waals surface area contributed by atoms with Crippen molar-refractivity contribution in [3.8, 4) is 16.9 Å². The van der Waals surface area contributed by atoms with E-state index in [1.807, 2.05) is 24.3 Å². The maximum absolute atomic E-state index is 15.3. The minimum Gasteiger partial charge on any atom is -0.494 e. The quantitative estimate of drug-likeness (QED) is 0.525. The number of rotatable bonds is 5. The van der Waals surface area contributed by atoms with Gasteiger partial charge in [0.15, 0.2) is 0 Å². The fourth-order valence-electron chi connectivity index (χ4n) is 4.54. The molecule has 0 atom stereocenters. The molecule has 3 heterocycles. The molecule has 2 aliphatic rings. The van der Waals surface area contributed by atoms with Gasteiger partial charge in [-0.1, -0.05) is 13.0 Å². The van der Waals surface area contributed by atoms with E-state index in [2.05, 4.69) is 27.0 Å². The van der Waals surface area contributed by atoms with Gasteiger partial charge in [0.2, 0.25) is 0 Å². The van der Waals surface area contributed by atoms with Crippen molar-refractivity contribution in [1.29, 1.82) is 0 Å². The number of hydrogen-bond acceptors (Lipinski definition) is 7. The molecule has 0 saturated carbocycles. The highest BCUT2D eigenvalue weighted by atomic mass is 32.2. The maximum Gasteiger partial charge on any atom is 0.290 e. The number of nitrogens with zero attached hydrogens (tertiary/aromatic N) is 3. The smallest absolute Gasteiger partial charge is 0.290 e. The van der Waals surface area contributed by atoms with Crippen LogP contribution in [0.2, 0.25) is 0 Å². The first-order valence-electron chi connectivity index (χ1n) is 11.5. The van der Waals surface area contributed by atoms with Gasteiger partial charge in [-0.05, 0) is 71.4 Å². The molecule has 3 aromatic rings. The van der Waals surface area contributed by atoms with Crippen molar-refractivity contribution in [1.82, 2.24) is 15.2 Å². The fourth-order valence-corrected chi connectivity index (χ4v) is 5.22. The Hall–Kier alpha value is -3.43. The number of nitrogens with one attached hydrogen (secondary N) is 1. The lowest BCUT2D eigenvalue weighted by Gasteiger charge is -2.35. The number of anilines is 1. The van der Waals surface area contributed by atoms with E-state index in [-0.39, 0.29) is 5.82 Å². The van der Waals surface area contributed by atoms with Crippen molar-refractivity contribution in [3.63, 3.8) is 0 Å². The topological polar surface area (TPSA) is 74.8 Å². The second-order valence-electron chi connectivity index (χ2n) is 8.42. The fraction of sp³-hybridized carbons (Fsp3) is 0.269.